The van der Waals surface area contributed by atoms with Gasteiger partial charge in [0.15, 0.2) is 0 Å². The molecule has 20 heavy (non-hydrogen) atoms. The minimum atomic E-state index is 0.658. The van der Waals surface area contributed by atoms with E-state index < -0.39 is 0 Å². The van der Waals surface area contributed by atoms with E-state index in [0.29, 0.717) is 5.92 Å². The van der Waals surface area contributed by atoms with Crippen molar-refractivity contribution in [1.29, 1.82) is 0 Å². The number of hydrogen-bond acceptors (Lipinski definition) is 4. The molecular weight excluding hydrogens is 268 g/mol. The predicted molar refractivity (Wildman–Crippen MR) is 83.3 cm³/mol. The summed E-state index contributed by atoms with van der Waals surface area (Å²) < 4.78 is 3.11. The third-order valence-corrected chi connectivity index (χ3v) is 3.87. The fourth-order valence-corrected chi connectivity index (χ4v) is 2.79. The molecule has 0 radical (unpaired) electrons. The maximum absolute atomic E-state index is 4.61. The second kappa shape index (κ2) is 5.73. The summed E-state index contributed by atoms with van der Waals surface area (Å²) in [5.74, 6) is 0.658. The molecule has 0 aliphatic heterocycles. The average Bonchev–Trinajstić information content (AvgIpc) is 3.05. The van der Waals surface area contributed by atoms with Crippen molar-refractivity contribution in [3.63, 3.8) is 0 Å². The largest absolute Gasteiger partial charge is 0.311 e. The molecule has 0 spiro atoms. The molecular formula is C15H18N4S. The highest BCUT2D eigenvalue weighted by molar-refractivity contribution is 7.16. The summed E-state index contributed by atoms with van der Waals surface area (Å²) in [5.41, 5.74) is 5.07. The van der Waals surface area contributed by atoms with Crippen LogP contribution in [0.25, 0.3) is 15.9 Å². The van der Waals surface area contributed by atoms with Crippen LogP contribution in [0.2, 0.25) is 0 Å². The van der Waals surface area contributed by atoms with E-state index in [1.54, 1.807) is 11.3 Å². The van der Waals surface area contributed by atoms with Gasteiger partial charge in [-0.15, -0.1) is 11.3 Å². The van der Waals surface area contributed by atoms with Gasteiger partial charge in [-0.05, 0) is 36.7 Å². The zero-order chi connectivity index (χ0) is 13.9. The number of nitrogens with one attached hydrogen (secondary N) is 1. The molecule has 0 atom stereocenters. The van der Waals surface area contributed by atoms with Crippen LogP contribution in [0, 0.1) is 5.92 Å². The molecule has 0 bridgehead atoms. The van der Waals surface area contributed by atoms with E-state index in [9.17, 15) is 0 Å². The smallest absolute Gasteiger partial charge is 0.0813 e. The van der Waals surface area contributed by atoms with Gasteiger partial charge < -0.3 is 5.32 Å². The molecule has 1 N–H and O–H groups in total. The number of fused-ring (bicyclic) bond motifs is 1. The van der Waals surface area contributed by atoms with Gasteiger partial charge >= 0.3 is 0 Å². The van der Waals surface area contributed by atoms with Gasteiger partial charge in [-0.1, -0.05) is 13.8 Å². The Hall–Kier alpha value is -1.72. The molecule has 104 valence electrons. The molecule has 1 aromatic carbocycles. The van der Waals surface area contributed by atoms with Crippen LogP contribution in [0.5, 0.6) is 0 Å². The topological polar surface area (TPSA) is 42.7 Å². The van der Waals surface area contributed by atoms with Crippen LogP contribution < -0.4 is 5.32 Å². The first-order valence-corrected chi connectivity index (χ1v) is 7.69. The van der Waals surface area contributed by atoms with Gasteiger partial charge in [0, 0.05) is 12.7 Å². The van der Waals surface area contributed by atoms with E-state index in [0.717, 1.165) is 30.0 Å². The molecule has 5 heteroatoms. The summed E-state index contributed by atoms with van der Waals surface area (Å²) in [6, 6.07) is 8.29. The lowest BCUT2D eigenvalue weighted by Gasteiger charge is -2.05. The Kier molecular flexibility index (Phi) is 3.80. The molecule has 0 fully saturated rings. The SMILES string of the molecule is CC(C)CNCc1ccn(-c2ccc3ncsc3c2)n1. The molecule has 0 amide bonds. The average molecular weight is 286 g/mol. The summed E-state index contributed by atoms with van der Waals surface area (Å²) in [4.78, 5) is 4.29. The monoisotopic (exact) mass is 286 g/mol. The van der Waals surface area contributed by atoms with Gasteiger partial charge in [0.1, 0.15) is 0 Å². The lowest BCUT2D eigenvalue weighted by molar-refractivity contribution is 0.546. The predicted octanol–water partition coefficient (Wildman–Crippen LogP) is 3.23. The van der Waals surface area contributed by atoms with Crippen LogP contribution in [-0.4, -0.2) is 21.3 Å². The quantitative estimate of drug-likeness (QED) is 0.783. The summed E-state index contributed by atoms with van der Waals surface area (Å²) in [7, 11) is 0. The van der Waals surface area contributed by atoms with Gasteiger partial charge in [0.2, 0.25) is 0 Å². The van der Waals surface area contributed by atoms with Crippen LogP contribution in [0.15, 0.2) is 36.0 Å². The van der Waals surface area contributed by atoms with Gasteiger partial charge in [-0.2, -0.15) is 5.10 Å². The highest BCUT2D eigenvalue weighted by atomic mass is 32.1. The van der Waals surface area contributed by atoms with Crippen LogP contribution >= 0.6 is 11.3 Å². The summed E-state index contributed by atoms with van der Waals surface area (Å²) in [5, 5.41) is 8.01. The number of rotatable bonds is 5. The minimum absolute atomic E-state index is 0.658. The molecule has 3 aromatic rings. The van der Waals surface area contributed by atoms with Crippen molar-refractivity contribution in [2.45, 2.75) is 20.4 Å². The fourth-order valence-electron chi connectivity index (χ4n) is 2.07. The van der Waals surface area contributed by atoms with Gasteiger partial charge in [-0.3, -0.25) is 0 Å². The molecule has 0 aliphatic rings. The van der Waals surface area contributed by atoms with Gasteiger partial charge in [0.25, 0.3) is 0 Å². The van der Waals surface area contributed by atoms with E-state index in [4.69, 9.17) is 0 Å². The summed E-state index contributed by atoms with van der Waals surface area (Å²) in [6.07, 6.45) is 2.01. The van der Waals surface area contributed by atoms with Crippen molar-refractivity contribution in [2.75, 3.05) is 6.54 Å². The van der Waals surface area contributed by atoms with Crippen molar-refractivity contribution in [3.05, 3.63) is 41.7 Å². The lowest BCUT2D eigenvalue weighted by Crippen LogP contribution is -2.19. The number of benzene rings is 1. The normalized spacial score (nSPS) is 11.6. The number of nitrogens with zero attached hydrogens (tertiary/aromatic N) is 3. The van der Waals surface area contributed by atoms with E-state index in [1.807, 2.05) is 22.5 Å². The van der Waals surface area contributed by atoms with E-state index >= 15 is 0 Å². The van der Waals surface area contributed by atoms with Crippen LogP contribution in [0.3, 0.4) is 0 Å². The molecule has 4 nitrogen and oxygen atoms in total. The third-order valence-electron chi connectivity index (χ3n) is 3.08. The third kappa shape index (κ3) is 2.89. The zero-order valence-corrected chi connectivity index (χ0v) is 12.5. The minimum Gasteiger partial charge on any atom is -0.311 e. The molecule has 0 unspecified atom stereocenters. The van der Waals surface area contributed by atoms with Crippen LogP contribution in [0.4, 0.5) is 0 Å². The number of hydrogen-bond donors (Lipinski definition) is 1. The van der Waals surface area contributed by atoms with Crippen LogP contribution in [-0.2, 0) is 6.54 Å². The molecule has 2 heterocycles. The van der Waals surface area contributed by atoms with Crippen molar-refractivity contribution in [3.8, 4) is 5.69 Å². The van der Waals surface area contributed by atoms with Crippen LogP contribution in [0.1, 0.15) is 19.5 Å². The molecule has 0 saturated heterocycles. The standard InChI is InChI=1S/C15H18N4S/c1-11(2)8-16-9-12-5-6-19(18-12)13-3-4-14-15(7-13)20-10-17-14/h3-7,10-11,16H,8-9H2,1-2H3. The van der Waals surface area contributed by atoms with Crippen molar-refractivity contribution in [2.24, 2.45) is 5.92 Å². The van der Waals surface area contributed by atoms with E-state index in [-0.39, 0.29) is 0 Å². The second-order valence-corrected chi connectivity index (χ2v) is 6.17. The van der Waals surface area contributed by atoms with Gasteiger partial charge in [-0.25, -0.2) is 9.67 Å². The molecule has 3 rings (SSSR count). The Morgan fingerprint density at radius 1 is 1.30 bits per heavy atom. The Morgan fingerprint density at radius 3 is 3.05 bits per heavy atom. The molecule has 0 aliphatic carbocycles. The van der Waals surface area contributed by atoms with E-state index in [1.165, 1.54) is 4.70 Å². The molecule has 0 saturated carbocycles. The van der Waals surface area contributed by atoms with Crippen molar-refractivity contribution >= 4 is 21.6 Å². The summed E-state index contributed by atoms with van der Waals surface area (Å²) in [6.45, 7) is 6.24. The fraction of sp³-hybridized carbons (Fsp3) is 0.333. The lowest BCUT2D eigenvalue weighted by atomic mass is 10.2. The maximum atomic E-state index is 4.61. The van der Waals surface area contributed by atoms with Gasteiger partial charge in [0.05, 0.1) is 27.1 Å². The maximum Gasteiger partial charge on any atom is 0.0813 e. The van der Waals surface area contributed by atoms with E-state index in [2.05, 4.69) is 47.4 Å². The first-order chi connectivity index (χ1) is 9.72. The Labute approximate surface area is 122 Å². The highest BCUT2D eigenvalue weighted by Gasteiger charge is 2.04. The zero-order valence-electron chi connectivity index (χ0n) is 11.7. The first-order valence-electron chi connectivity index (χ1n) is 6.81. The molecule has 2 aromatic heterocycles. The Morgan fingerprint density at radius 2 is 2.20 bits per heavy atom. The number of aromatic nitrogens is 3. The first kappa shape index (κ1) is 13.3. The Bertz CT molecular complexity index is 699. The Balaban J connectivity index is 1.75. The summed E-state index contributed by atoms with van der Waals surface area (Å²) >= 11 is 1.66. The van der Waals surface area contributed by atoms with Crippen molar-refractivity contribution < 1.29 is 0 Å². The second-order valence-electron chi connectivity index (χ2n) is 5.28. The number of thiazole rings is 1. The van der Waals surface area contributed by atoms with Crippen molar-refractivity contribution in [1.82, 2.24) is 20.1 Å². The highest BCUT2D eigenvalue weighted by Crippen LogP contribution is 2.21.